The molecule has 0 N–H and O–H groups in total. The van der Waals surface area contributed by atoms with E-state index in [-0.39, 0.29) is 30.5 Å². The summed E-state index contributed by atoms with van der Waals surface area (Å²) in [7, 11) is 0. The van der Waals surface area contributed by atoms with Crippen LogP contribution in [-0.2, 0) is 14.3 Å². The third-order valence-electron chi connectivity index (χ3n) is 3.57. The first-order chi connectivity index (χ1) is 7.75. The highest BCUT2D eigenvalue weighted by Gasteiger charge is 2.42. The van der Waals surface area contributed by atoms with Gasteiger partial charge in [0.1, 0.15) is 6.04 Å². The van der Waals surface area contributed by atoms with Crippen molar-refractivity contribution < 1.29 is 14.3 Å². The van der Waals surface area contributed by atoms with Crippen LogP contribution in [0.3, 0.4) is 0 Å². The predicted molar refractivity (Wildman–Crippen MR) is 55.7 cm³/mol. The summed E-state index contributed by atoms with van der Waals surface area (Å²) in [5, 5.41) is 0. The van der Waals surface area contributed by atoms with E-state index in [0.29, 0.717) is 6.54 Å². The summed E-state index contributed by atoms with van der Waals surface area (Å²) in [6, 6.07) is -0.186. The lowest BCUT2D eigenvalue weighted by atomic mass is 9.98. The molecule has 0 saturated carbocycles. The zero-order chi connectivity index (χ0) is 11.1. The van der Waals surface area contributed by atoms with Crippen LogP contribution in [0.25, 0.3) is 0 Å². The molecule has 0 aliphatic carbocycles. The van der Waals surface area contributed by atoms with Gasteiger partial charge in [0.2, 0.25) is 11.8 Å². The van der Waals surface area contributed by atoms with Gasteiger partial charge >= 0.3 is 0 Å². The van der Waals surface area contributed by atoms with E-state index in [1.807, 2.05) is 0 Å². The molecule has 3 saturated heterocycles. The average Bonchev–Trinajstić information content (AvgIpc) is 3.10. The van der Waals surface area contributed by atoms with E-state index in [2.05, 4.69) is 0 Å². The first-order valence-corrected chi connectivity index (χ1v) is 5.95. The van der Waals surface area contributed by atoms with Gasteiger partial charge in [0, 0.05) is 13.1 Å². The van der Waals surface area contributed by atoms with Crippen molar-refractivity contribution in [2.75, 3.05) is 26.2 Å². The number of piperidine rings is 1. The minimum absolute atomic E-state index is 0.102. The van der Waals surface area contributed by atoms with Crippen LogP contribution < -0.4 is 0 Å². The number of piperazine rings is 1. The Labute approximate surface area is 94.3 Å². The van der Waals surface area contributed by atoms with E-state index in [0.717, 1.165) is 32.4 Å². The molecule has 3 aliphatic rings. The minimum Gasteiger partial charge on any atom is -0.371 e. The standard InChI is InChI=1S/C11H16N2O3/c14-10-6-12(5-8-7-16-8)11(15)9-3-1-2-4-13(9)10/h8-9H,1-7H2. The van der Waals surface area contributed by atoms with E-state index in [4.69, 9.17) is 4.74 Å². The van der Waals surface area contributed by atoms with Gasteiger partial charge in [-0.2, -0.15) is 0 Å². The average molecular weight is 224 g/mol. The predicted octanol–water partition coefficient (Wildman–Crippen LogP) is -0.392. The van der Waals surface area contributed by atoms with E-state index >= 15 is 0 Å². The minimum atomic E-state index is -0.186. The molecule has 3 rings (SSSR count). The summed E-state index contributed by atoms with van der Waals surface area (Å²) >= 11 is 0. The van der Waals surface area contributed by atoms with Gasteiger partial charge in [-0.1, -0.05) is 0 Å². The number of carbonyl (C=O) groups excluding carboxylic acids is 2. The van der Waals surface area contributed by atoms with Gasteiger partial charge in [0.05, 0.1) is 19.3 Å². The van der Waals surface area contributed by atoms with Crippen LogP contribution in [0.4, 0.5) is 0 Å². The fourth-order valence-electron chi connectivity index (χ4n) is 2.60. The monoisotopic (exact) mass is 224 g/mol. The van der Waals surface area contributed by atoms with Crippen LogP contribution >= 0.6 is 0 Å². The maximum Gasteiger partial charge on any atom is 0.245 e. The van der Waals surface area contributed by atoms with Crippen LogP contribution in [0.15, 0.2) is 0 Å². The van der Waals surface area contributed by atoms with Crippen molar-refractivity contribution >= 4 is 11.8 Å². The lowest BCUT2D eigenvalue weighted by molar-refractivity contribution is -0.157. The molecule has 0 aromatic carbocycles. The summed E-state index contributed by atoms with van der Waals surface area (Å²) < 4.78 is 5.11. The second-order valence-electron chi connectivity index (χ2n) is 4.77. The lowest BCUT2D eigenvalue weighted by Crippen LogP contribution is -2.61. The Morgan fingerprint density at radius 3 is 2.88 bits per heavy atom. The molecule has 5 nitrogen and oxygen atoms in total. The first kappa shape index (κ1) is 10.1. The third-order valence-corrected chi connectivity index (χ3v) is 3.57. The van der Waals surface area contributed by atoms with E-state index in [1.165, 1.54) is 0 Å². The van der Waals surface area contributed by atoms with Crippen LogP contribution in [-0.4, -0.2) is 60.0 Å². The molecular weight excluding hydrogens is 208 g/mol. The maximum atomic E-state index is 12.1. The Bertz CT molecular complexity index is 327. The molecule has 2 amide bonds. The van der Waals surface area contributed by atoms with Crippen molar-refractivity contribution in [3.05, 3.63) is 0 Å². The second kappa shape index (κ2) is 3.73. The molecule has 0 aromatic rings. The van der Waals surface area contributed by atoms with Crippen molar-refractivity contribution in [3.63, 3.8) is 0 Å². The molecule has 88 valence electrons. The van der Waals surface area contributed by atoms with E-state index in [9.17, 15) is 9.59 Å². The number of fused-ring (bicyclic) bond motifs is 1. The highest BCUT2D eigenvalue weighted by molar-refractivity contribution is 5.95. The van der Waals surface area contributed by atoms with Gasteiger partial charge in [-0.05, 0) is 19.3 Å². The van der Waals surface area contributed by atoms with Gasteiger partial charge in [-0.25, -0.2) is 0 Å². The summed E-state index contributed by atoms with van der Waals surface area (Å²) in [5.74, 6) is 0.222. The summed E-state index contributed by atoms with van der Waals surface area (Å²) in [4.78, 5) is 27.5. The molecule has 5 heteroatoms. The Hall–Kier alpha value is -1.10. The highest BCUT2D eigenvalue weighted by atomic mass is 16.6. The number of hydrogen-bond acceptors (Lipinski definition) is 3. The van der Waals surface area contributed by atoms with E-state index < -0.39 is 0 Å². The molecule has 2 unspecified atom stereocenters. The smallest absolute Gasteiger partial charge is 0.245 e. The van der Waals surface area contributed by atoms with Gasteiger partial charge in [-0.15, -0.1) is 0 Å². The lowest BCUT2D eigenvalue weighted by Gasteiger charge is -2.42. The van der Waals surface area contributed by atoms with Crippen molar-refractivity contribution in [3.8, 4) is 0 Å². The van der Waals surface area contributed by atoms with Crippen LogP contribution in [0.1, 0.15) is 19.3 Å². The number of amides is 2. The molecule has 3 heterocycles. The largest absolute Gasteiger partial charge is 0.371 e. The number of epoxide rings is 1. The Morgan fingerprint density at radius 1 is 1.31 bits per heavy atom. The SMILES string of the molecule is O=C1C2CCCCN2C(=O)CN1CC1CO1. The maximum absolute atomic E-state index is 12.1. The summed E-state index contributed by atoms with van der Waals surface area (Å²) in [6.07, 6.45) is 3.08. The molecule has 2 atom stereocenters. The van der Waals surface area contributed by atoms with Gasteiger partial charge < -0.3 is 14.5 Å². The zero-order valence-electron chi connectivity index (χ0n) is 9.22. The normalized spacial score (nSPS) is 34.0. The Kier molecular flexibility index (Phi) is 2.35. The van der Waals surface area contributed by atoms with Crippen molar-refractivity contribution in [1.29, 1.82) is 0 Å². The Balaban J connectivity index is 1.73. The number of ether oxygens (including phenoxy) is 1. The fraction of sp³-hybridized carbons (Fsp3) is 0.818. The number of hydrogen-bond donors (Lipinski definition) is 0. The number of rotatable bonds is 2. The topological polar surface area (TPSA) is 53.2 Å². The fourth-order valence-corrected chi connectivity index (χ4v) is 2.60. The molecule has 0 aromatic heterocycles. The molecular formula is C11H16N2O3. The summed E-state index contributed by atoms with van der Waals surface area (Å²) in [6.45, 7) is 2.32. The van der Waals surface area contributed by atoms with Gasteiger partial charge in [0.25, 0.3) is 0 Å². The van der Waals surface area contributed by atoms with Crippen LogP contribution in [0.2, 0.25) is 0 Å². The van der Waals surface area contributed by atoms with Crippen LogP contribution in [0.5, 0.6) is 0 Å². The van der Waals surface area contributed by atoms with Crippen molar-refractivity contribution in [2.24, 2.45) is 0 Å². The summed E-state index contributed by atoms with van der Waals surface area (Å²) in [5.41, 5.74) is 0. The first-order valence-electron chi connectivity index (χ1n) is 5.95. The van der Waals surface area contributed by atoms with E-state index in [1.54, 1.807) is 9.80 Å². The quantitative estimate of drug-likeness (QED) is 0.600. The van der Waals surface area contributed by atoms with Crippen LogP contribution in [0, 0.1) is 0 Å². The highest BCUT2D eigenvalue weighted by Crippen LogP contribution is 2.24. The molecule has 3 fully saturated rings. The van der Waals surface area contributed by atoms with Gasteiger partial charge in [0.15, 0.2) is 0 Å². The van der Waals surface area contributed by atoms with Crippen molar-refractivity contribution in [1.82, 2.24) is 9.80 Å². The van der Waals surface area contributed by atoms with Gasteiger partial charge in [-0.3, -0.25) is 9.59 Å². The molecule has 0 radical (unpaired) electrons. The molecule has 0 spiro atoms. The number of nitrogens with zero attached hydrogens (tertiary/aromatic N) is 2. The third kappa shape index (κ3) is 1.69. The second-order valence-corrected chi connectivity index (χ2v) is 4.77. The van der Waals surface area contributed by atoms with Crippen molar-refractivity contribution in [2.45, 2.75) is 31.4 Å². The number of carbonyl (C=O) groups is 2. The molecule has 3 aliphatic heterocycles. The molecule has 0 bridgehead atoms. The molecule has 16 heavy (non-hydrogen) atoms. The Morgan fingerprint density at radius 2 is 2.12 bits per heavy atom. The zero-order valence-corrected chi connectivity index (χ0v) is 9.22.